The Morgan fingerprint density at radius 2 is 1.75 bits per heavy atom. The molecule has 0 aliphatic rings. The van der Waals surface area contributed by atoms with Crippen molar-refractivity contribution >= 4 is 19.7 Å². The van der Waals surface area contributed by atoms with Crippen molar-refractivity contribution in [2.75, 3.05) is 0 Å². The van der Waals surface area contributed by atoms with Crippen LogP contribution in [0.2, 0.25) is 0 Å². The van der Waals surface area contributed by atoms with Crippen LogP contribution >= 0.6 is 10.7 Å². The number of nitrogens with zero attached hydrogens (tertiary/aromatic N) is 2. The zero-order chi connectivity index (χ0) is 15.1. The van der Waals surface area contributed by atoms with Crippen LogP contribution in [0.3, 0.4) is 0 Å². The molecule has 8 heteroatoms. The molecule has 0 saturated carbocycles. The van der Waals surface area contributed by atoms with Gasteiger partial charge in [-0.2, -0.15) is 5.10 Å². The average Bonchev–Trinajstić information content (AvgIpc) is 2.51. The molecule has 0 atom stereocenters. The molecule has 2 aromatic rings. The van der Waals surface area contributed by atoms with Gasteiger partial charge in [0.05, 0.1) is 17.9 Å². The third kappa shape index (κ3) is 2.99. The second-order valence-electron chi connectivity index (χ2n) is 4.37. The van der Waals surface area contributed by atoms with Crippen molar-refractivity contribution in [3.05, 3.63) is 46.8 Å². The molecule has 0 fully saturated rings. The SMILES string of the molecule is Cc1nn(Cc2cc(F)cc(F)c2)c(C)c1S(=O)(=O)Cl. The maximum atomic E-state index is 13.1. The Kier molecular flexibility index (Phi) is 3.84. The predicted octanol–water partition coefficient (Wildman–Crippen LogP) is 2.75. The van der Waals surface area contributed by atoms with E-state index in [4.69, 9.17) is 10.7 Å². The molecular weight excluding hydrogens is 310 g/mol. The van der Waals surface area contributed by atoms with Gasteiger partial charge in [0.2, 0.25) is 0 Å². The van der Waals surface area contributed by atoms with Gasteiger partial charge in [0.25, 0.3) is 9.05 Å². The summed E-state index contributed by atoms with van der Waals surface area (Å²) in [5, 5.41) is 4.04. The lowest BCUT2D eigenvalue weighted by Gasteiger charge is -2.05. The molecule has 0 N–H and O–H groups in total. The Hall–Kier alpha value is -1.47. The summed E-state index contributed by atoms with van der Waals surface area (Å²) in [6.45, 7) is 3.09. The van der Waals surface area contributed by atoms with Crippen LogP contribution in [0.1, 0.15) is 17.0 Å². The Bertz CT molecular complexity index is 752. The number of rotatable bonds is 3. The van der Waals surface area contributed by atoms with Gasteiger partial charge in [0, 0.05) is 16.7 Å². The molecule has 0 amide bonds. The van der Waals surface area contributed by atoms with Gasteiger partial charge in [-0.1, -0.05) is 0 Å². The van der Waals surface area contributed by atoms with Crippen molar-refractivity contribution in [3.8, 4) is 0 Å². The first-order valence-corrected chi connectivity index (χ1v) is 7.93. The van der Waals surface area contributed by atoms with Crippen LogP contribution in [0.15, 0.2) is 23.1 Å². The van der Waals surface area contributed by atoms with E-state index in [0.29, 0.717) is 11.3 Å². The molecule has 1 aromatic heterocycles. The van der Waals surface area contributed by atoms with Crippen LogP contribution in [-0.4, -0.2) is 18.2 Å². The number of hydrogen-bond acceptors (Lipinski definition) is 3. The smallest absolute Gasteiger partial charge is 0.264 e. The lowest BCUT2D eigenvalue weighted by Crippen LogP contribution is -2.05. The molecule has 0 saturated heterocycles. The number of hydrogen-bond donors (Lipinski definition) is 0. The third-order valence-electron chi connectivity index (χ3n) is 2.81. The summed E-state index contributed by atoms with van der Waals surface area (Å²) in [7, 11) is 1.42. The van der Waals surface area contributed by atoms with Crippen molar-refractivity contribution in [1.29, 1.82) is 0 Å². The summed E-state index contributed by atoms with van der Waals surface area (Å²) in [5.41, 5.74) is 0.906. The Balaban J connectivity index is 2.45. The quantitative estimate of drug-likeness (QED) is 0.817. The fourth-order valence-electron chi connectivity index (χ4n) is 2.06. The van der Waals surface area contributed by atoms with E-state index >= 15 is 0 Å². The van der Waals surface area contributed by atoms with E-state index in [2.05, 4.69) is 5.10 Å². The highest BCUT2D eigenvalue weighted by Crippen LogP contribution is 2.24. The topological polar surface area (TPSA) is 52.0 Å². The predicted molar refractivity (Wildman–Crippen MR) is 70.2 cm³/mol. The molecule has 0 bridgehead atoms. The van der Waals surface area contributed by atoms with Crippen LogP contribution < -0.4 is 0 Å². The van der Waals surface area contributed by atoms with Crippen LogP contribution in [-0.2, 0) is 15.6 Å². The molecular formula is C12H11ClF2N2O2S. The molecule has 2 rings (SSSR count). The maximum Gasteiger partial charge on any atom is 0.264 e. The lowest BCUT2D eigenvalue weighted by atomic mass is 10.2. The third-order valence-corrected chi connectivity index (χ3v) is 4.35. The summed E-state index contributed by atoms with van der Waals surface area (Å²) >= 11 is 0. The van der Waals surface area contributed by atoms with Crippen LogP contribution in [0.25, 0.3) is 0 Å². The summed E-state index contributed by atoms with van der Waals surface area (Å²) in [4.78, 5) is -0.0731. The molecule has 0 spiro atoms. The van der Waals surface area contributed by atoms with Crippen LogP contribution in [0, 0.1) is 25.5 Å². The van der Waals surface area contributed by atoms with Gasteiger partial charge in [-0.3, -0.25) is 4.68 Å². The fraction of sp³-hybridized carbons (Fsp3) is 0.250. The maximum absolute atomic E-state index is 13.1. The van der Waals surface area contributed by atoms with Gasteiger partial charge in [0.15, 0.2) is 0 Å². The molecule has 4 nitrogen and oxygen atoms in total. The molecule has 1 heterocycles. The van der Waals surface area contributed by atoms with E-state index in [-0.39, 0.29) is 17.1 Å². The highest BCUT2D eigenvalue weighted by Gasteiger charge is 2.22. The number of benzene rings is 1. The zero-order valence-electron chi connectivity index (χ0n) is 10.7. The van der Waals surface area contributed by atoms with Gasteiger partial charge in [-0.05, 0) is 31.5 Å². The second-order valence-corrected chi connectivity index (χ2v) is 6.88. The molecule has 0 unspecified atom stereocenters. The van der Waals surface area contributed by atoms with Crippen molar-refractivity contribution < 1.29 is 17.2 Å². The Morgan fingerprint density at radius 1 is 1.20 bits per heavy atom. The van der Waals surface area contributed by atoms with E-state index in [1.54, 1.807) is 0 Å². The van der Waals surface area contributed by atoms with Gasteiger partial charge in [-0.25, -0.2) is 17.2 Å². The second kappa shape index (κ2) is 5.14. The van der Waals surface area contributed by atoms with Crippen molar-refractivity contribution in [2.24, 2.45) is 0 Å². The highest BCUT2D eigenvalue weighted by molar-refractivity contribution is 8.13. The summed E-state index contributed by atoms with van der Waals surface area (Å²) in [5.74, 6) is -1.40. The minimum absolute atomic E-state index is 0.0494. The normalized spacial score (nSPS) is 11.8. The number of halogens is 3. The molecule has 0 aliphatic heterocycles. The van der Waals surface area contributed by atoms with Crippen molar-refractivity contribution in [2.45, 2.75) is 25.3 Å². The van der Waals surface area contributed by atoms with E-state index < -0.39 is 20.7 Å². The van der Waals surface area contributed by atoms with E-state index in [1.165, 1.54) is 18.5 Å². The first kappa shape index (κ1) is 14.9. The first-order valence-electron chi connectivity index (χ1n) is 5.62. The van der Waals surface area contributed by atoms with Crippen molar-refractivity contribution in [1.82, 2.24) is 9.78 Å². The van der Waals surface area contributed by atoms with Gasteiger partial charge in [0.1, 0.15) is 16.5 Å². The van der Waals surface area contributed by atoms with Crippen LogP contribution in [0.5, 0.6) is 0 Å². The minimum Gasteiger partial charge on any atom is -0.264 e. The lowest BCUT2D eigenvalue weighted by molar-refractivity contribution is 0.572. The van der Waals surface area contributed by atoms with Gasteiger partial charge in [-0.15, -0.1) is 0 Å². The number of aryl methyl sites for hydroxylation is 1. The summed E-state index contributed by atoms with van der Waals surface area (Å²) in [6, 6.07) is 3.09. The minimum atomic E-state index is -3.91. The Morgan fingerprint density at radius 3 is 2.20 bits per heavy atom. The van der Waals surface area contributed by atoms with Crippen molar-refractivity contribution in [3.63, 3.8) is 0 Å². The Labute approximate surface area is 119 Å². The molecule has 0 aliphatic carbocycles. The van der Waals surface area contributed by atoms with Gasteiger partial charge >= 0.3 is 0 Å². The largest absolute Gasteiger partial charge is 0.264 e. The van der Waals surface area contributed by atoms with Crippen LogP contribution in [0.4, 0.5) is 8.78 Å². The molecule has 108 valence electrons. The molecule has 1 aromatic carbocycles. The summed E-state index contributed by atoms with van der Waals surface area (Å²) in [6.07, 6.45) is 0. The average molecular weight is 321 g/mol. The van der Waals surface area contributed by atoms with E-state index in [0.717, 1.165) is 18.2 Å². The fourth-order valence-corrected chi connectivity index (χ4v) is 3.58. The highest BCUT2D eigenvalue weighted by atomic mass is 35.7. The monoisotopic (exact) mass is 320 g/mol. The van der Waals surface area contributed by atoms with E-state index in [9.17, 15) is 17.2 Å². The zero-order valence-corrected chi connectivity index (χ0v) is 12.3. The van der Waals surface area contributed by atoms with Gasteiger partial charge < -0.3 is 0 Å². The summed E-state index contributed by atoms with van der Waals surface area (Å²) < 4.78 is 50.5. The number of aromatic nitrogens is 2. The molecule has 0 radical (unpaired) electrons. The standard InChI is InChI=1S/C12H11ClF2N2O2S/c1-7-12(20(13,18)19)8(2)17(16-7)6-9-3-10(14)5-11(15)4-9/h3-5H,6H2,1-2H3. The van der Waals surface area contributed by atoms with E-state index in [1.807, 2.05) is 0 Å². The first-order chi connectivity index (χ1) is 9.18. The molecule has 20 heavy (non-hydrogen) atoms.